The van der Waals surface area contributed by atoms with Crippen molar-refractivity contribution < 1.29 is 0 Å². The van der Waals surface area contributed by atoms with Gasteiger partial charge in [-0.1, -0.05) is 13.3 Å². The Morgan fingerprint density at radius 1 is 1.57 bits per heavy atom. The lowest BCUT2D eigenvalue weighted by Crippen LogP contribution is -2.48. The van der Waals surface area contributed by atoms with Crippen LogP contribution < -0.4 is 5.32 Å². The Bertz CT molecular complexity index is 219. The maximum absolute atomic E-state index is 9.23. The second-order valence-electron chi connectivity index (χ2n) is 4.61. The van der Waals surface area contributed by atoms with Crippen molar-refractivity contribution in [3.8, 4) is 6.07 Å². The monoisotopic (exact) mass is 195 g/mol. The van der Waals surface area contributed by atoms with E-state index < -0.39 is 0 Å². The van der Waals surface area contributed by atoms with E-state index in [4.69, 9.17) is 0 Å². The second kappa shape index (κ2) is 4.77. The Kier molecular flexibility index (Phi) is 3.91. The van der Waals surface area contributed by atoms with Gasteiger partial charge in [-0.15, -0.1) is 0 Å². The van der Waals surface area contributed by atoms with E-state index in [-0.39, 0.29) is 5.54 Å². The summed E-state index contributed by atoms with van der Waals surface area (Å²) in [6.45, 7) is 4.08. The third-order valence-corrected chi connectivity index (χ3v) is 3.25. The molecule has 14 heavy (non-hydrogen) atoms. The summed E-state index contributed by atoms with van der Waals surface area (Å²) >= 11 is 0. The molecular weight excluding hydrogens is 174 g/mol. The Balaban J connectivity index is 2.43. The van der Waals surface area contributed by atoms with Gasteiger partial charge >= 0.3 is 0 Å². The number of nitrogens with zero attached hydrogens (tertiary/aromatic N) is 2. The van der Waals surface area contributed by atoms with Gasteiger partial charge in [-0.3, -0.25) is 5.32 Å². The van der Waals surface area contributed by atoms with Crippen LogP contribution >= 0.6 is 0 Å². The highest BCUT2D eigenvalue weighted by Gasteiger charge is 2.39. The SMILES string of the molecule is CC1CCCC1(C#N)NCCN(C)C. The van der Waals surface area contributed by atoms with Crippen LogP contribution in [0.2, 0.25) is 0 Å². The largest absolute Gasteiger partial charge is 0.308 e. The molecule has 0 heterocycles. The quantitative estimate of drug-likeness (QED) is 0.733. The van der Waals surface area contributed by atoms with Gasteiger partial charge in [-0.2, -0.15) is 5.26 Å². The van der Waals surface area contributed by atoms with Gasteiger partial charge in [0.15, 0.2) is 0 Å². The highest BCUT2D eigenvalue weighted by atomic mass is 15.1. The van der Waals surface area contributed by atoms with E-state index >= 15 is 0 Å². The molecule has 0 aromatic heterocycles. The first-order valence-corrected chi connectivity index (χ1v) is 5.42. The summed E-state index contributed by atoms with van der Waals surface area (Å²) in [4.78, 5) is 2.14. The van der Waals surface area contributed by atoms with Gasteiger partial charge in [-0.25, -0.2) is 0 Å². The van der Waals surface area contributed by atoms with E-state index in [1.807, 2.05) is 0 Å². The minimum atomic E-state index is -0.240. The molecule has 3 nitrogen and oxygen atoms in total. The Hall–Kier alpha value is -0.590. The Labute approximate surface area is 87.1 Å². The third kappa shape index (κ3) is 2.46. The molecule has 0 spiro atoms. The van der Waals surface area contributed by atoms with Crippen LogP contribution in [-0.2, 0) is 0 Å². The summed E-state index contributed by atoms with van der Waals surface area (Å²) in [6.07, 6.45) is 3.38. The lowest BCUT2D eigenvalue weighted by molar-refractivity contribution is 0.309. The van der Waals surface area contributed by atoms with Crippen molar-refractivity contribution in [2.75, 3.05) is 27.2 Å². The van der Waals surface area contributed by atoms with Crippen molar-refractivity contribution in [2.24, 2.45) is 5.92 Å². The minimum Gasteiger partial charge on any atom is -0.308 e. The van der Waals surface area contributed by atoms with Crippen LogP contribution in [0.25, 0.3) is 0 Å². The molecule has 2 atom stereocenters. The lowest BCUT2D eigenvalue weighted by Gasteiger charge is -2.28. The molecule has 1 saturated carbocycles. The molecule has 1 N–H and O–H groups in total. The minimum absolute atomic E-state index is 0.240. The lowest BCUT2D eigenvalue weighted by atomic mass is 9.90. The van der Waals surface area contributed by atoms with E-state index in [0.29, 0.717) is 5.92 Å². The van der Waals surface area contributed by atoms with Gasteiger partial charge in [0.05, 0.1) is 6.07 Å². The first-order chi connectivity index (χ1) is 6.60. The maximum Gasteiger partial charge on any atom is 0.109 e. The van der Waals surface area contributed by atoms with Crippen molar-refractivity contribution in [3.05, 3.63) is 0 Å². The highest BCUT2D eigenvalue weighted by molar-refractivity contribution is 5.13. The smallest absolute Gasteiger partial charge is 0.109 e. The van der Waals surface area contributed by atoms with Gasteiger partial charge in [0.1, 0.15) is 5.54 Å². The van der Waals surface area contributed by atoms with Gasteiger partial charge in [0, 0.05) is 13.1 Å². The topological polar surface area (TPSA) is 39.1 Å². The summed E-state index contributed by atoms with van der Waals surface area (Å²) in [7, 11) is 4.11. The summed E-state index contributed by atoms with van der Waals surface area (Å²) in [5, 5.41) is 12.6. The first-order valence-electron chi connectivity index (χ1n) is 5.42. The number of likely N-dealkylation sites (N-methyl/N-ethyl adjacent to an activating group) is 1. The maximum atomic E-state index is 9.23. The molecule has 0 bridgehead atoms. The third-order valence-electron chi connectivity index (χ3n) is 3.25. The normalized spacial score (nSPS) is 32.1. The van der Waals surface area contributed by atoms with Crippen LogP contribution in [0.4, 0.5) is 0 Å². The summed E-state index contributed by atoms with van der Waals surface area (Å²) < 4.78 is 0. The van der Waals surface area contributed by atoms with Crippen molar-refractivity contribution >= 4 is 0 Å². The van der Waals surface area contributed by atoms with E-state index in [9.17, 15) is 5.26 Å². The van der Waals surface area contributed by atoms with Gasteiger partial charge in [0.2, 0.25) is 0 Å². The number of nitriles is 1. The molecule has 0 radical (unpaired) electrons. The summed E-state index contributed by atoms with van der Waals surface area (Å²) in [6, 6.07) is 2.47. The predicted octanol–water partition coefficient (Wildman–Crippen LogP) is 1.22. The molecule has 0 aromatic rings. The molecular formula is C11H21N3. The van der Waals surface area contributed by atoms with E-state index in [1.54, 1.807) is 0 Å². The molecule has 80 valence electrons. The molecule has 0 aliphatic heterocycles. The molecule has 3 heteroatoms. The fourth-order valence-electron chi connectivity index (χ4n) is 2.15. The number of rotatable bonds is 4. The van der Waals surface area contributed by atoms with Crippen molar-refractivity contribution in [1.29, 1.82) is 5.26 Å². The molecule has 1 rings (SSSR count). The van der Waals surface area contributed by atoms with Crippen molar-refractivity contribution in [2.45, 2.75) is 31.7 Å². The standard InChI is InChI=1S/C11H21N3/c1-10-5-4-6-11(10,9-12)13-7-8-14(2)3/h10,13H,4-8H2,1-3H3. The first kappa shape index (κ1) is 11.5. The van der Waals surface area contributed by atoms with Crippen LogP contribution in [0, 0.1) is 17.2 Å². The Morgan fingerprint density at radius 3 is 2.71 bits per heavy atom. The zero-order chi connectivity index (χ0) is 10.6. The van der Waals surface area contributed by atoms with E-state index in [1.165, 1.54) is 12.8 Å². The molecule has 2 unspecified atom stereocenters. The number of hydrogen-bond acceptors (Lipinski definition) is 3. The average molecular weight is 195 g/mol. The molecule has 0 amide bonds. The van der Waals surface area contributed by atoms with Gasteiger partial charge < -0.3 is 4.90 Å². The van der Waals surface area contributed by atoms with Crippen molar-refractivity contribution in [3.63, 3.8) is 0 Å². The highest BCUT2D eigenvalue weighted by Crippen LogP contribution is 2.34. The summed E-state index contributed by atoms with van der Waals surface area (Å²) in [5.41, 5.74) is -0.240. The van der Waals surface area contributed by atoms with Crippen LogP contribution in [-0.4, -0.2) is 37.6 Å². The van der Waals surface area contributed by atoms with Crippen LogP contribution in [0.3, 0.4) is 0 Å². The van der Waals surface area contributed by atoms with E-state index in [0.717, 1.165) is 19.5 Å². The molecule has 0 aromatic carbocycles. The predicted molar refractivity (Wildman–Crippen MR) is 57.9 cm³/mol. The van der Waals surface area contributed by atoms with Crippen LogP contribution in [0.5, 0.6) is 0 Å². The fraction of sp³-hybridized carbons (Fsp3) is 0.909. The number of hydrogen-bond donors (Lipinski definition) is 1. The van der Waals surface area contributed by atoms with Crippen molar-refractivity contribution in [1.82, 2.24) is 10.2 Å². The van der Waals surface area contributed by atoms with Gasteiger partial charge in [0.25, 0.3) is 0 Å². The molecule has 1 aliphatic carbocycles. The molecule has 1 fully saturated rings. The van der Waals surface area contributed by atoms with E-state index in [2.05, 4.69) is 37.3 Å². The molecule has 1 aliphatic rings. The van der Waals surface area contributed by atoms with Crippen LogP contribution in [0.15, 0.2) is 0 Å². The average Bonchev–Trinajstić information content (AvgIpc) is 2.48. The second-order valence-corrected chi connectivity index (χ2v) is 4.61. The zero-order valence-electron chi connectivity index (χ0n) is 9.51. The number of nitrogens with one attached hydrogen (secondary N) is 1. The van der Waals surface area contributed by atoms with Gasteiger partial charge in [-0.05, 0) is 32.9 Å². The van der Waals surface area contributed by atoms with Crippen LogP contribution in [0.1, 0.15) is 26.2 Å². The Morgan fingerprint density at radius 2 is 2.29 bits per heavy atom. The fourth-order valence-corrected chi connectivity index (χ4v) is 2.15. The summed E-state index contributed by atoms with van der Waals surface area (Å²) in [5.74, 6) is 0.495. The molecule has 0 saturated heterocycles. The zero-order valence-corrected chi connectivity index (χ0v) is 9.51.